The number of aromatic nitrogens is 4. The summed E-state index contributed by atoms with van der Waals surface area (Å²) in [6.45, 7) is 4.39. The van der Waals surface area contributed by atoms with Crippen molar-refractivity contribution in [3.8, 4) is 5.75 Å². The number of likely N-dealkylation sites (tertiary alicyclic amines) is 1. The van der Waals surface area contributed by atoms with Crippen molar-refractivity contribution >= 4 is 40.4 Å². The number of anilines is 2. The summed E-state index contributed by atoms with van der Waals surface area (Å²) in [7, 11) is 2.71. The molecule has 0 unspecified atom stereocenters. The molecule has 3 N–H and O–H groups in total. The molecule has 1 saturated heterocycles. The second-order valence-electron chi connectivity index (χ2n) is 8.52. The van der Waals surface area contributed by atoms with Gasteiger partial charge in [-0.15, -0.1) is 0 Å². The monoisotopic (exact) mass is 514 g/mol. The summed E-state index contributed by atoms with van der Waals surface area (Å²) in [5.41, 5.74) is 5.90. The molecule has 194 valence electrons. The number of nitrogens with zero attached hydrogens (tertiary/aromatic N) is 6. The third kappa shape index (κ3) is 5.03. The van der Waals surface area contributed by atoms with Gasteiger partial charge in [0.15, 0.2) is 23.0 Å². The maximum atomic E-state index is 14.5. The number of ether oxygens (including phenoxy) is 1. The third-order valence-electron chi connectivity index (χ3n) is 5.77. The van der Waals surface area contributed by atoms with E-state index in [1.165, 1.54) is 31.2 Å². The number of nitrogen functional groups attached to an aromatic ring is 1. The Morgan fingerprint density at radius 2 is 1.95 bits per heavy atom. The van der Waals surface area contributed by atoms with Gasteiger partial charge in [0.25, 0.3) is 5.91 Å². The standard InChI is InChI=1S/C23H24F2N8O4/c1-4-16(34)32-7-5-6-13(10-32)33-21-17(20(26)27-11-28-21)18(30-33)22(35)29-12-8-14(24)19(15(25)9-12)37-23(36)31(2)3/h4,8-9,11,13H,1,5-7,10H2,2-3H3,(H,29,35)(H2,26,27,28)/t13-/m1/s1. The molecule has 2 aromatic heterocycles. The van der Waals surface area contributed by atoms with Crippen LogP contribution in [0.4, 0.5) is 25.1 Å². The maximum Gasteiger partial charge on any atom is 0.414 e. The van der Waals surface area contributed by atoms with Crippen LogP contribution in [0.3, 0.4) is 0 Å². The number of rotatable bonds is 5. The van der Waals surface area contributed by atoms with Gasteiger partial charge in [-0.3, -0.25) is 9.59 Å². The summed E-state index contributed by atoms with van der Waals surface area (Å²) < 4.78 is 35.2. The Bertz CT molecular complexity index is 1380. The van der Waals surface area contributed by atoms with Crippen molar-refractivity contribution in [3.63, 3.8) is 0 Å². The number of piperidine rings is 1. The molecular formula is C23H24F2N8O4. The Balaban J connectivity index is 1.65. The fraction of sp³-hybridized carbons (Fsp3) is 0.304. The number of fused-ring (bicyclic) bond motifs is 1. The van der Waals surface area contributed by atoms with Gasteiger partial charge in [-0.1, -0.05) is 6.58 Å². The first-order valence-electron chi connectivity index (χ1n) is 11.2. The topological polar surface area (TPSA) is 149 Å². The summed E-state index contributed by atoms with van der Waals surface area (Å²) in [5.74, 6) is -4.36. The molecule has 1 aromatic carbocycles. The molecule has 1 atom stereocenters. The summed E-state index contributed by atoms with van der Waals surface area (Å²) in [6.07, 6.45) is 2.83. The van der Waals surface area contributed by atoms with E-state index < -0.39 is 29.4 Å². The fourth-order valence-corrected chi connectivity index (χ4v) is 3.99. The first kappa shape index (κ1) is 25.5. The molecule has 37 heavy (non-hydrogen) atoms. The lowest BCUT2D eigenvalue weighted by Crippen LogP contribution is -2.40. The molecule has 3 amide bonds. The Labute approximate surface area is 209 Å². The summed E-state index contributed by atoms with van der Waals surface area (Å²) in [4.78, 5) is 47.7. The lowest BCUT2D eigenvalue weighted by Gasteiger charge is -2.32. The molecule has 0 saturated carbocycles. The number of hydrogen-bond donors (Lipinski definition) is 2. The minimum Gasteiger partial charge on any atom is -0.404 e. The van der Waals surface area contributed by atoms with E-state index in [4.69, 9.17) is 10.5 Å². The molecule has 4 rings (SSSR count). The molecule has 1 aliphatic rings. The fourth-order valence-electron chi connectivity index (χ4n) is 3.99. The third-order valence-corrected chi connectivity index (χ3v) is 5.77. The van der Waals surface area contributed by atoms with Crippen molar-refractivity contribution in [2.24, 2.45) is 0 Å². The molecular weight excluding hydrogens is 490 g/mol. The number of nitrogens with one attached hydrogen (secondary N) is 1. The van der Waals surface area contributed by atoms with E-state index >= 15 is 0 Å². The molecule has 3 aromatic rings. The Morgan fingerprint density at radius 3 is 2.59 bits per heavy atom. The van der Waals surface area contributed by atoms with Crippen LogP contribution in [0, 0.1) is 11.6 Å². The van der Waals surface area contributed by atoms with Gasteiger partial charge in [0.05, 0.1) is 11.4 Å². The van der Waals surface area contributed by atoms with Crippen molar-refractivity contribution in [2.45, 2.75) is 18.9 Å². The molecule has 0 bridgehead atoms. The lowest BCUT2D eigenvalue weighted by molar-refractivity contribution is -0.127. The highest BCUT2D eigenvalue weighted by Crippen LogP contribution is 2.30. The second-order valence-corrected chi connectivity index (χ2v) is 8.52. The average molecular weight is 514 g/mol. The second kappa shape index (κ2) is 10.2. The first-order chi connectivity index (χ1) is 17.6. The van der Waals surface area contributed by atoms with E-state index in [0.29, 0.717) is 25.9 Å². The number of amides is 3. The van der Waals surface area contributed by atoms with Crippen LogP contribution >= 0.6 is 0 Å². The lowest BCUT2D eigenvalue weighted by atomic mass is 10.1. The van der Waals surface area contributed by atoms with Crippen molar-refractivity contribution in [3.05, 3.63) is 48.4 Å². The van der Waals surface area contributed by atoms with Gasteiger partial charge in [0.2, 0.25) is 11.7 Å². The number of hydrogen-bond acceptors (Lipinski definition) is 8. The minimum absolute atomic E-state index is 0.0143. The summed E-state index contributed by atoms with van der Waals surface area (Å²) >= 11 is 0. The highest BCUT2D eigenvalue weighted by Gasteiger charge is 2.29. The van der Waals surface area contributed by atoms with Crippen LogP contribution in [0.2, 0.25) is 0 Å². The first-order valence-corrected chi connectivity index (χ1v) is 11.2. The van der Waals surface area contributed by atoms with E-state index in [9.17, 15) is 23.2 Å². The number of carbonyl (C=O) groups is 3. The number of halogens is 2. The van der Waals surface area contributed by atoms with E-state index in [1.54, 1.807) is 4.90 Å². The number of benzene rings is 1. The Morgan fingerprint density at radius 1 is 1.24 bits per heavy atom. The van der Waals surface area contributed by atoms with E-state index in [-0.39, 0.29) is 40.2 Å². The maximum absolute atomic E-state index is 14.5. The molecule has 0 spiro atoms. The van der Waals surface area contributed by atoms with E-state index in [2.05, 4.69) is 27.0 Å². The van der Waals surface area contributed by atoms with Crippen LogP contribution in [0.15, 0.2) is 31.1 Å². The van der Waals surface area contributed by atoms with Crippen molar-refractivity contribution in [1.82, 2.24) is 29.5 Å². The smallest absolute Gasteiger partial charge is 0.404 e. The van der Waals surface area contributed by atoms with Gasteiger partial charge < -0.3 is 25.6 Å². The zero-order chi connectivity index (χ0) is 26.9. The molecule has 12 nitrogen and oxygen atoms in total. The van der Waals surface area contributed by atoms with Crippen molar-refractivity contribution in [2.75, 3.05) is 38.2 Å². The highest BCUT2D eigenvalue weighted by molar-refractivity contribution is 6.13. The van der Waals surface area contributed by atoms with Crippen molar-refractivity contribution < 1.29 is 27.9 Å². The molecule has 3 heterocycles. The Kier molecular flexibility index (Phi) is 7.00. The van der Waals surface area contributed by atoms with Gasteiger partial charge in [0, 0.05) is 45.0 Å². The van der Waals surface area contributed by atoms with Crippen LogP contribution in [0.25, 0.3) is 11.0 Å². The largest absolute Gasteiger partial charge is 0.414 e. The van der Waals surface area contributed by atoms with Gasteiger partial charge in [0.1, 0.15) is 12.1 Å². The predicted molar refractivity (Wildman–Crippen MR) is 129 cm³/mol. The Hall–Kier alpha value is -4.62. The van der Waals surface area contributed by atoms with Gasteiger partial charge >= 0.3 is 6.09 Å². The zero-order valence-corrected chi connectivity index (χ0v) is 20.1. The SMILES string of the molecule is C=CC(=O)N1CCC[C@@H](n2nc(C(=O)Nc3cc(F)c(OC(=O)N(C)C)c(F)c3)c3c(N)ncnc32)C1. The molecule has 0 radical (unpaired) electrons. The molecule has 1 aliphatic heterocycles. The van der Waals surface area contributed by atoms with Crippen LogP contribution in [0.5, 0.6) is 5.75 Å². The molecule has 0 aliphatic carbocycles. The minimum atomic E-state index is -1.20. The summed E-state index contributed by atoms with van der Waals surface area (Å²) in [5, 5.41) is 6.94. The predicted octanol–water partition coefficient (Wildman–Crippen LogP) is 2.35. The number of carbonyl (C=O) groups excluding carboxylic acids is 3. The van der Waals surface area contributed by atoms with Crippen molar-refractivity contribution in [1.29, 1.82) is 0 Å². The normalized spacial score (nSPS) is 15.4. The molecule has 14 heteroatoms. The van der Waals surface area contributed by atoms with E-state index in [0.717, 1.165) is 17.0 Å². The molecule has 1 fully saturated rings. The summed E-state index contributed by atoms with van der Waals surface area (Å²) in [6, 6.07) is 1.30. The zero-order valence-electron chi connectivity index (χ0n) is 20.1. The van der Waals surface area contributed by atoms with Gasteiger partial charge in [-0.05, 0) is 18.9 Å². The van der Waals surface area contributed by atoms with Crippen LogP contribution < -0.4 is 15.8 Å². The van der Waals surface area contributed by atoms with Crippen LogP contribution in [0.1, 0.15) is 29.4 Å². The quantitative estimate of drug-likeness (QED) is 0.493. The van der Waals surface area contributed by atoms with Crippen LogP contribution in [-0.4, -0.2) is 74.6 Å². The van der Waals surface area contributed by atoms with Crippen LogP contribution in [-0.2, 0) is 4.79 Å². The average Bonchev–Trinajstić information content (AvgIpc) is 3.27. The van der Waals surface area contributed by atoms with Gasteiger partial charge in [-0.25, -0.2) is 28.2 Å². The number of nitrogens with two attached hydrogens (primary N) is 1. The highest BCUT2D eigenvalue weighted by atomic mass is 19.1. The van der Waals surface area contributed by atoms with E-state index in [1.807, 2.05) is 0 Å². The van der Waals surface area contributed by atoms with Gasteiger partial charge in [-0.2, -0.15) is 5.10 Å².